The minimum absolute atomic E-state index is 0.00315. The molecule has 0 aromatic carbocycles. The Labute approximate surface area is 202 Å². The van der Waals surface area contributed by atoms with Crippen molar-refractivity contribution in [3.63, 3.8) is 0 Å². The first-order valence-electron chi connectivity index (χ1n) is 12.2. The standard InChI is InChI=1S/C25H30F3N5O2/c1-3-17-14-32-19(16-33(23(32)34)24(10-6-11-24)25(26,27)28)15-31(17)18-8-9-21(30-13-18)20-7-5-12-29-22(20)35-4-2/h5,7-9,12-13,17,19H,3-4,6,10-11,14-16H2,1-2H3/t17-,19+/m1/s1. The maximum atomic E-state index is 14.0. The fourth-order valence-electron chi connectivity index (χ4n) is 5.58. The summed E-state index contributed by atoms with van der Waals surface area (Å²) >= 11 is 0. The van der Waals surface area contributed by atoms with Gasteiger partial charge in [0.1, 0.15) is 5.54 Å². The topological polar surface area (TPSA) is 61.8 Å². The molecule has 2 aromatic heterocycles. The monoisotopic (exact) mass is 489 g/mol. The van der Waals surface area contributed by atoms with Crippen molar-refractivity contribution in [2.75, 3.05) is 31.1 Å². The molecule has 1 saturated carbocycles. The average molecular weight is 490 g/mol. The van der Waals surface area contributed by atoms with E-state index in [0.29, 0.717) is 32.0 Å². The first-order chi connectivity index (χ1) is 16.8. The van der Waals surface area contributed by atoms with Crippen LogP contribution in [-0.4, -0.2) is 75.8 Å². The summed E-state index contributed by atoms with van der Waals surface area (Å²) < 4.78 is 47.5. The molecule has 0 spiro atoms. The Balaban J connectivity index is 1.37. The number of urea groups is 1. The number of rotatable bonds is 6. The summed E-state index contributed by atoms with van der Waals surface area (Å²) in [5.74, 6) is 0.523. The van der Waals surface area contributed by atoms with Gasteiger partial charge in [0.15, 0.2) is 0 Å². The van der Waals surface area contributed by atoms with Gasteiger partial charge in [-0.05, 0) is 56.9 Å². The fourth-order valence-corrected chi connectivity index (χ4v) is 5.58. The number of nitrogens with zero attached hydrogens (tertiary/aromatic N) is 5. The van der Waals surface area contributed by atoms with Gasteiger partial charge < -0.3 is 19.4 Å². The number of carbonyl (C=O) groups excluding carboxylic acids is 1. The summed E-state index contributed by atoms with van der Waals surface area (Å²) in [7, 11) is 0. The van der Waals surface area contributed by atoms with Gasteiger partial charge in [-0.25, -0.2) is 9.78 Å². The minimum Gasteiger partial charge on any atom is -0.477 e. The van der Waals surface area contributed by atoms with E-state index in [1.807, 2.05) is 38.1 Å². The molecule has 0 unspecified atom stereocenters. The van der Waals surface area contributed by atoms with E-state index in [-0.39, 0.29) is 31.5 Å². The number of hydrogen-bond donors (Lipinski definition) is 0. The second-order valence-corrected chi connectivity index (χ2v) is 9.49. The molecule has 0 bridgehead atoms. The van der Waals surface area contributed by atoms with E-state index in [1.165, 1.54) is 0 Å². The molecule has 3 aliphatic rings. The number of carbonyl (C=O) groups is 1. The highest BCUT2D eigenvalue weighted by atomic mass is 19.4. The van der Waals surface area contributed by atoms with E-state index in [2.05, 4.69) is 14.9 Å². The van der Waals surface area contributed by atoms with Crippen molar-refractivity contribution in [2.45, 2.75) is 63.3 Å². The first-order valence-corrected chi connectivity index (χ1v) is 12.2. The lowest BCUT2D eigenvalue weighted by atomic mass is 9.74. The fraction of sp³-hybridized carbons (Fsp3) is 0.560. The summed E-state index contributed by atoms with van der Waals surface area (Å²) in [5.41, 5.74) is 0.422. The van der Waals surface area contributed by atoms with Crippen molar-refractivity contribution < 1.29 is 22.7 Å². The van der Waals surface area contributed by atoms with Crippen molar-refractivity contribution in [1.82, 2.24) is 19.8 Å². The van der Waals surface area contributed by atoms with Crippen LogP contribution in [0.25, 0.3) is 11.3 Å². The SMILES string of the molecule is CCOc1ncccc1-c1ccc(N2C[C@H]3CN(C4(C(F)(F)F)CCC4)C(=O)N3C[C@H]2CC)cn1. The van der Waals surface area contributed by atoms with E-state index >= 15 is 0 Å². The molecule has 4 heterocycles. The van der Waals surface area contributed by atoms with Crippen molar-refractivity contribution in [1.29, 1.82) is 0 Å². The lowest BCUT2D eigenvalue weighted by Gasteiger charge is -2.48. The summed E-state index contributed by atoms with van der Waals surface area (Å²) in [6, 6.07) is 6.87. The summed E-state index contributed by atoms with van der Waals surface area (Å²) in [6.07, 6.45) is 0.296. The van der Waals surface area contributed by atoms with Gasteiger partial charge in [-0.15, -0.1) is 0 Å². The van der Waals surface area contributed by atoms with Crippen LogP contribution < -0.4 is 9.64 Å². The van der Waals surface area contributed by atoms with Crippen LogP contribution in [0.2, 0.25) is 0 Å². The molecule has 2 aromatic rings. The molecule has 10 heteroatoms. The minimum atomic E-state index is -4.41. The molecule has 35 heavy (non-hydrogen) atoms. The highest BCUT2D eigenvalue weighted by Crippen LogP contribution is 2.51. The maximum Gasteiger partial charge on any atom is 0.411 e. The van der Waals surface area contributed by atoms with Crippen molar-refractivity contribution >= 4 is 11.7 Å². The van der Waals surface area contributed by atoms with Crippen LogP contribution in [0.15, 0.2) is 36.7 Å². The van der Waals surface area contributed by atoms with E-state index in [9.17, 15) is 18.0 Å². The summed E-state index contributed by atoms with van der Waals surface area (Å²) in [5, 5.41) is 0. The Hall–Kier alpha value is -3.04. The summed E-state index contributed by atoms with van der Waals surface area (Å²) in [6.45, 7) is 5.42. The molecule has 2 amide bonds. The molecule has 3 fully saturated rings. The van der Waals surface area contributed by atoms with Gasteiger partial charge in [-0.3, -0.25) is 4.98 Å². The zero-order valence-corrected chi connectivity index (χ0v) is 20.0. The molecule has 0 N–H and O–H groups in total. The molecular formula is C25H30F3N5O2. The third kappa shape index (κ3) is 3.87. The van der Waals surface area contributed by atoms with Gasteiger partial charge in [0.2, 0.25) is 5.88 Å². The number of pyridine rings is 2. The molecule has 1 aliphatic carbocycles. The number of alkyl halides is 3. The van der Waals surface area contributed by atoms with E-state index in [4.69, 9.17) is 4.74 Å². The van der Waals surface area contributed by atoms with Gasteiger partial charge in [0, 0.05) is 31.9 Å². The molecule has 2 saturated heterocycles. The number of hydrogen-bond acceptors (Lipinski definition) is 5. The van der Waals surface area contributed by atoms with E-state index < -0.39 is 17.7 Å². The third-order valence-electron chi connectivity index (χ3n) is 7.67. The number of fused-ring (bicyclic) bond motifs is 1. The van der Waals surface area contributed by atoms with Crippen LogP contribution in [0.5, 0.6) is 5.88 Å². The van der Waals surface area contributed by atoms with Gasteiger partial charge in [-0.2, -0.15) is 13.2 Å². The second kappa shape index (κ2) is 8.87. The Morgan fingerprint density at radius 3 is 2.49 bits per heavy atom. The van der Waals surface area contributed by atoms with E-state index in [0.717, 1.165) is 28.3 Å². The quantitative estimate of drug-likeness (QED) is 0.587. The van der Waals surface area contributed by atoms with Crippen LogP contribution in [0, 0.1) is 0 Å². The Morgan fingerprint density at radius 2 is 1.89 bits per heavy atom. The van der Waals surface area contributed by atoms with Crippen LogP contribution in [0.4, 0.5) is 23.7 Å². The van der Waals surface area contributed by atoms with E-state index in [1.54, 1.807) is 17.3 Å². The highest BCUT2D eigenvalue weighted by molar-refractivity contribution is 5.79. The van der Waals surface area contributed by atoms with Gasteiger partial charge in [0.25, 0.3) is 0 Å². The van der Waals surface area contributed by atoms with Gasteiger partial charge >= 0.3 is 12.2 Å². The number of amides is 2. The number of anilines is 1. The normalized spacial score (nSPS) is 23.8. The van der Waals surface area contributed by atoms with Crippen molar-refractivity contribution in [3.05, 3.63) is 36.7 Å². The highest BCUT2D eigenvalue weighted by Gasteiger charge is 2.65. The predicted molar refractivity (Wildman–Crippen MR) is 125 cm³/mol. The Morgan fingerprint density at radius 1 is 1.09 bits per heavy atom. The van der Waals surface area contributed by atoms with Crippen molar-refractivity contribution in [3.8, 4) is 17.1 Å². The smallest absolute Gasteiger partial charge is 0.411 e. The largest absolute Gasteiger partial charge is 0.477 e. The zero-order valence-electron chi connectivity index (χ0n) is 20.0. The van der Waals surface area contributed by atoms with Gasteiger partial charge in [0.05, 0.1) is 35.8 Å². The molecule has 7 nitrogen and oxygen atoms in total. The first kappa shape index (κ1) is 23.7. The van der Waals surface area contributed by atoms with Crippen LogP contribution in [0.3, 0.4) is 0 Å². The number of aromatic nitrogens is 2. The Kier molecular flexibility index (Phi) is 6.01. The second-order valence-electron chi connectivity index (χ2n) is 9.49. The number of piperazine rings is 1. The van der Waals surface area contributed by atoms with Crippen molar-refractivity contribution in [2.24, 2.45) is 0 Å². The van der Waals surface area contributed by atoms with Crippen LogP contribution >= 0.6 is 0 Å². The zero-order chi connectivity index (χ0) is 24.8. The molecule has 2 aliphatic heterocycles. The number of halogens is 3. The third-order valence-corrected chi connectivity index (χ3v) is 7.67. The lowest BCUT2D eigenvalue weighted by molar-refractivity contribution is -0.245. The van der Waals surface area contributed by atoms with Gasteiger partial charge in [-0.1, -0.05) is 6.92 Å². The average Bonchev–Trinajstić information content (AvgIpc) is 3.12. The Bertz CT molecular complexity index is 1070. The van der Waals surface area contributed by atoms with Crippen LogP contribution in [-0.2, 0) is 0 Å². The van der Waals surface area contributed by atoms with Crippen LogP contribution in [0.1, 0.15) is 39.5 Å². The molecule has 2 atom stereocenters. The number of ether oxygens (including phenoxy) is 1. The lowest BCUT2D eigenvalue weighted by Crippen LogP contribution is -2.64. The predicted octanol–water partition coefficient (Wildman–Crippen LogP) is 4.73. The summed E-state index contributed by atoms with van der Waals surface area (Å²) in [4.78, 5) is 27.0. The molecule has 5 rings (SSSR count). The maximum absolute atomic E-state index is 14.0. The molecule has 0 radical (unpaired) electrons. The molecule has 188 valence electrons. The molecular weight excluding hydrogens is 459 g/mol.